The summed E-state index contributed by atoms with van der Waals surface area (Å²) in [5, 5.41) is 5.95. The fraction of sp³-hybridized carbons (Fsp3) is 0.462. The van der Waals surface area contributed by atoms with Crippen LogP contribution in [-0.4, -0.2) is 12.1 Å². The lowest BCUT2D eigenvalue weighted by Gasteiger charge is -2.17. The average molecular weight is 235 g/mol. The zero-order valence-corrected chi connectivity index (χ0v) is 10.7. The van der Waals surface area contributed by atoms with Crippen molar-refractivity contribution in [3.63, 3.8) is 0 Å². The molecule has 17 heavy (non-hydrogen) atoms. The van der Waals surface area contributed by atoms with E-state index in [4.69, 9.17) is 5.73 Å². The van der Waals surface area contributed by atoms with Gasteiger partial charge in [-0.3, -0.25) is 0 Å². The van der Waals surface area contributed by atoms with Gasteiger partial charge in [-0.15, -0.1) is 0 Å². The molecule has 0 saturated heterocycles. The van der Waals surface area contributed by atoms with Crippen LogP contribution in [0.3, 0.4) is 0 Å². The molecule has 0 aromatic heterocycles. The van der Waals surface area contributed by atoms with Crippen LogP contribution in [0.1, 0.15) is 27.2 Å². The van der Waals surface area contributed by atoms with E-state index in [1.807, 2.05) is 24.3 Å². The van der Waals surface area contributed by atoms with Crippen LogP contribution in [0.25, 0.3) is 0 Å². The largest absolute Gasteiger partial charge is 0.383 e. The van der Waals surface area contributed by atoms with Crippen LogP contribution in [0.5, 0.6) is 0 Å². The molecule has 0 aliphatic heterocycles. The first-order valence-electron chi connectivity index (χ1n) is 5.90. The SMILES string of the molecule is CC(C)CC(C)Nc1cccc(NC(N)=O)c1. The summed E-state index contributed by atoms with van der Waals surface area (Å²) in [6.45, 7) is 6.54. The van der Waals surface area contributed by atoms with Gasteiger partial charge in [0, 0.05) is 17.4 Å². The third-order valence-corrected chi connectivity index (χ3v) is 2.37. The molecule has 0 saturated carbocycles. The predicted octanol–water partition coefficient (Wildman–Crippen LogP) is 3.02. The van der Waals surface area contributed by atoms with Crippen LogP contribution in [0.15, 0.2) is 24.3 Å². The summed E-state index contributed by atoms with van der Waals surface area (Å²) < 4.78 is 0. The molecule has 1 unspecified atom stereocenters. The standard InChI is InChI=1S/C13H21N3O/c1-9(2)7-10(3)15-11-5-4-6-12(8-11)16-13(14)17/h4-6,8-10,15H,7H2,1-3H3,(H3,14,16,17). The van der Waals surface area contributed by atoms with E-state index < -0.39 is 6.03 Å². The maximum atomic E-state index is 10.7. The molecule has 1 aromatic rings. The number of urea groups is 1. The van der Waals surface area contributed by atoms with Crippen molar-refractivity contribution < 1.29 is 4.79 Å². The van der Waals surface area contributed by atoms with Crippen LogP contribution in [0, 0.1) is 5.92 Å². The van der Waals surface area contributed by atoms with Crippen molar-refractivity contribution in [3.8, 4) is 0 Å². The summed E-state index contributed by atoms with van der Waals surface area (Å²) in [5.41, 5.74) is 6.77. The second-order valence-corrected chi connectivity index (χ2v) is 4.74. The molecule has 1 aromatic carbocycles. The third kappa shape index (κ3) is 5.24. The molecule has 4 nitrogen and oxygen atoms in total. The van der Waals surface area contributed by atoms with Gasteiger partial charge in [-0.2, -0.15) is 0 Å². The highest BCUT2D eigenvalue weighted by Gasteiger charge is 2.05. The summed E-state index contributed by atoms with van der Waals surface area (Å²) >= 11 is 0. The minimum absolute atomic E-state index is 0.402. The molecule has 2 amide bonds. The number of anilines is 2. The fourth-order valence-corrected chi connectivity index (χ4v) is 1.88. The highest BCUT2D eigenvalue weighted by atomic mass is 16.2. The number of nitrogens with one attached hydrogen (secondary N) is 2. The van der Waals surface area contributed by atoms with E-state index in [1.54, 1.807) is 0 Å². The van der Waals surface area contributed by atoms with Gasteiger partial charge in [0.1, 0.15) is 0 Å². The first-order chi connectivity index (χ1) is 7.97. The number of primary amides is 1. The molecule has 94 valence electrons. The molecule has 0 radical (unpaired) electrons. The van der Waals surface area contributed by atoms with Gasteiger partial charge in [0.2, 0.25) is 0 Å². The van der Waals surface area contributed by atoms with Crippen molar-refractivity contribution in [2.75, 3.05) is 10.6 Å². The Balaban J connectivity index is 2.62. The van der Waals surface area contributed by atoms with Crippen molar-refractivity contribution in [3.05, 3.63) is 24.3 Å². The lowest BCUT2D eigenvalue weighted by Crippen LogP contribution is -2.20. The van der Waals surface area contributed by atoms with Crippen LogP contribution < -0.4 is 16.4 Å². The van der Waals surface area contributed by atoms with Gasteiger partial charge in [-0.1, -0.05) is 19.9 Å². The Hall–Kier alpha value is -1.71. The van der Waals surface area contributed by atoms with E-state index >= 15 is 0 Å². The van der Waals surface area contributed by atoms with Crippen molar-refractivity contribution in [1.82, 2.24) is 0 Å². The van der Waals surface area contributed by atoms with E-state index in [0.717, 1.165) is 12.1 Å². The highest BCUT2D eigenvalue weighted by molar-refractivity contribution is 5.88. The van der Waals surface area contributed by atoms with E-state index in [-0.39, 0.29) is 0 Å². The smallest absolute Gasteiger partial charge is 0.316 e. The molecule has 4 heteroatoms. The molecule has 4 N–H and O–H groups in total. The van der Waals surface area contributed by atoms with Crippen molar-refractivity contribution >= 4 is 17.4 Å². The normalized spacial score (nSPS) is 12.2. The molecular weight excluding hydrogens is 214 g/mol. The number of hydrogen-bond acceptors (Lipinski definition) is 2. The minimum Gasteiger partial charge on any atom is -0.383 e. The Morgan fingerprint density at radius 1 is 1.29 bits per heavy atom. The molecule has 1 rings (SSSR count). The van der Waals surface area contributed by atoms with Gasteiger partial charge in [0.25, 0.3) is 0 Å². The summed E-state index contributed by atoms with van der Waals surface area (Å²) in [6.07, 6.45) is 1.10. The molecule has 0 aliphatic carbocycles. The Morgan fingerprint density at radius 3 is 2.53 bits per heavy atom. The van der Waals surface area contributed by atoms with Gasteiger partial charge < -0.3 is 16.4 Å². The molecular formula is C13H21N3O. The highest BCUT2D eigenvalue weighted by Crippen LogP contribution is 2.17. The molecule has 0 bridgehead atoms. The second-order valence-electron chi connectivity index (χ2n) is 4.74. The van der Waals surface area contributed by atoms with E-state index in [2.05, 4.69) is 31.4 Å². The van der Waals surface area contributed by atoms with Gasteiger partial charge in [0.05, 0.1) is 0 Å². The number of carbonyl (C=O) groups is 1. The molecule has 0 aliphatic rings. The monoisotopic (exact) mass is 235 g/mol. The Kier molecular flexibility index (Phi) is 4.82. The Bertz CT molecular complexity index is 377. The molecule has 1 atom stereocenters. The van der Waals surface area contributed by atoms with Crippen LogP contribution in [0.2, 0.25) is 0 Å². The second kappa shape index (κ2) is 6.13. The van der Waals surface area contributed by atoms with Crippen molar-refractivity contribution in [2.45, 2.75) is 33.2 Å². The maximum Gasteiger partial charge on any atom is 0.316 e. The average Bonchev–Trinajstić information content (AvgIpc) is 2.14. The topological polar surface area (TPSA) is 67.2 Å². The van der Waals surface area contributed by atoms with Crippen molar-refractivity contribution in [1.29, 1.82) is 0 Å². The summed E-state index contributed by atoms with van der Waals surface area (Å²) in [7, 11) is 0. The van der Waals surface area contributed by atoms with Crippen LogP contribution in [0.4, 0.5) is 16.2 Å². The number of rotatable bonds is 5. The first kappa shape index (κ1) is 13.4. The van der Waals surface area contributed by atoms with E-state index in [1.165, 1.54) is 0 Å². The van der Waals surface area contributed by atoms with E-state index in [9.17, 15) is 4.79 Å². The fourth-order valence-electron chi connectivity index (χ4n) is 1.88. The Labute approximate surface area is 103 Å². The molecule has 0 fully saturated rings. The summed E-state index contributed by atoms with van der Waals surface area (Å²) in [5.74, 6) is 0.657. The number of benzene rings is 1. The number of hydrogen-bond donors (Lipinski definition) is 3. The summed E-state index contributed by atoms with van der Waals surface area (Å²) in [6, 6.07) is 7.40. The minimum atomic E-state index is -0.544. The quantitative estimate of drug-likeness (QED) is 0.734. The maximum absolute atomic E-state index is 10.7. The number of amides is 2. The summed E-state index contributed by atoms with van der Waals surface area (Å²) in [4.78, 5) is 10.7. The van der Waals surface area contributed by atoms with Crippen molar-refractivity contribution in [2.24, 2.45) is 11.7 Å². The van der Waals surface area contributed by atoms with Gasteiger partial charge in [0.15, 0.2) is 0 Å². The van der Waals surface area contributed by atoms with Gasteiger partial charge in [-0.25, -0.2) is 4.79 Å². The zero-order chi connectivity index (χ0) is 12.8. The van der Waals surface area contributed by atoms with Gasteiger partial charge >= 0.3 is 6.03 Å². The van der Waals surface area contributed by atoms with Crippen LogP contribution >= 0.6 is 0 Å². The third-order valence-electron chi connectivity index (χ3n) is 2.37. The number of carbonyl (C=O) groups excluding carboxylic acids is 1. The molecule has 0 heterocycles. The number of nitrogens with two attached hydrogens (primary N) is 1. The molecule has 0 spiro atoms. The van der Waals surface area contributed by atoms with E-state index in [0.29, 0.717) is 17.6 Å². The van der Waals surface area contributed by atoms with Crippen LogP contribution in [-0.2, 0) is 0 Å². The lowest BCUT2D eigenvalue weighted by molar-refractivity contribution is 0.259. The lowest BCUT2D eigenvalue weighted by atomic mass is 10.1. The Morgan fingerprint density at radius 2 is 1.94 bits per heavy atom. The first-order valence-corrected chi connectivity index (χ1v) is 5.90. The zero-order valence-electron chi connectivity index (χ0n) is 10.7. The van der Waals surface area contributed by atoms with Gasteiger partial charge in [-0.05, 0) is 37.5 Å². The predicted molar refractivity (Wildman–Crippen MR) is 72.2 cm³/mol.